The van der Waals surface area contributed by atoms with Crippen LogP contribution in [0.4, 0.5) is 0 Å². The van der Waals surface area contributed by atoms with E-state index in [9.17, 15) is 4.79 Å². The predicted octanol–water partition coefficient (Wildman–Crippen LogP) is 2.19. The Morgan fingerprint density at radius 2 is 2.18 bits per heavy atom. The fourth-order valence-corrected chi connectivity index (χ4v) is 1.84. The van der Waals surface area contributed by atoms with Crippen LogP contribution in [-0.4, -0.2) is 34.0 Å². The Morgan fingerprint density at radius 1 is 1.47 bits per heavy atom. The molecule has 0 spiro atoms. The lowest BCUT2D eigenvalue weighted by Crippen LogP contribution is -2.35. The van der Waals surface area contributed by atoms with Crippen LogP contribution in [0.3, 0.4) is 0 Å². The number of nitrogens with zero attached hydrogens (tertiary/aromatic N) is 2. The van der Waals surface area contributed by atoms with Crippen LogP contribution in [-0.2, 0) is 4.79 Å². The number of aliphatic carboxylic acids is 1. The zero-order valence-corrected chi connectivity index (χ0v) is 10.6. The second kappa shape index (κ2) is 6.35. The molecule has 17 heavy (non-hydrogen) atoms. The molecule has 1 N–H and O–H groups in total. The first kappa shape index (κ1) is 13.6. The predicted molar refractivity (Wildman–Crippen MR) is 66.7 cm³/mol. The summed E-state index contributed by atoms with van der Waals surface area (Å²) in [5.74, 6) is -0.352. The molecule has 4 heteroatoms. The minimum Gasteiger partial charge on any atom is -0.480 e. The van der Waals surface area contributed by atoms with Crippen molar-refractivity contribution in [3.8, 4) is 0 Å². The van der Waals surface area contributed by atoms with Crippen molar-refractivity contribution in [2.45, 2.75) is 26.8 Å². The first-order chi connectivity index (χ1) is 8.00. The van der Waals surface area contributed by atoms with Crippen LogP contribution in [0.15, 0.2) is 24.5 Å². The van der Waals surface area contributed by atoms with E-state index in [0.29, 0.717) is 5.92 Å². The minimum atomic E-state index is -0.790. The van der Waals surface area contributed by atoms with Gasteiger partial charge in [0.2, 0.25) is 0 Å². The van der Waals surface area contributed by atoms with Crippen LogP contribution in [0, 0.1) is 5.92 Å². The van der Waals surface area contributed by atoms with Crippen molar-refractivity contribution in [2.24, 2.45) is 5.92 Å². The third-order valence-electron chi connectivity index (χ3n) is 2.65. The molecule has 0 aliphatic carbocycles. The van der Waals surface area contributed by atoms with Crippen LogP contribution in [0.1, 0.15) is 32.4 Å². The lowest BCUT2D eigenvalue weighted by molar-refractivity contribution is -0.139. The van der Waals surface area contributed by atoms with Crippen LogP contribution < -0.4 is 0 Å². The highest BCUT2D eigenvalue weighted by Crippen LogP contribution is 2.19. The third kappa shape index (κ3) is 4.53. The van der Waals surface area contributed by atoms with Crippen molar-refractivity contribution < 1.29 is 9.90 Å². The molecule has 0 fully saturated rings. The molecule has 0 amide bonds. The Morgan fingerprint density at radius 3 is 2.65 bits per heavy atom. The van der Waals surface area contributed by atoms with Crippen molar-refractivity contribution in [1.82, 2.24) is 9.88 Å². The quantitative estimate of drug-likeness (QED) is 0.822. The number of carboxylic acid groups (broad SMARTS) is 1. The maximum atomic E-state index is 10.9. The summed E-state index contributed by atoms with van der Waals surface area (Å²) in [4.78, 5) is 16.9. The lowest BCUT2D eigenvalue weighted by atomic mass is 10.1. The fraction of sp³-hybridized carbons (Fsp3) is 0.538. The molecule has 0 aliphatic rings. The maximum Gasteiger partial charge on any atom is 0.317 e. The van der Waals surface area contributed by atoms with Gasteiger partial charge in [0.15, 0.2) is 0 Å². The summed E-state index contributed by atoms with van der Waals surface area (Å²) in [6.45, 7) is 7.02. The Kier molecular flexibility index (Phi) is 5.10. The van der Waals surface area contributed by atoms with Crippen LogP contribution in [0.25, 0.3) is 0 Å². The Hall–Kier alpha value is -1.42. The molecule has 0 saturated carbocycles. The molecular weight excluding hydrogens is 216 g/mol. The van der Waals surface area contributed by atoms with Crippen molar-refractivity contribution >= 4 is 5.97 Å². The van der Waals surface area contributed by atoms with Crippen LogP contribution in [0.2, 0.25) is 0 Å². The minimum absolute atomic E-state index is 0.0637. The van der Waals surface area contributed by atoms with Gasteiger partial charge in [-0.15, -0.1) is 0 Å². The molecule has 94 valence electrons. The summed E-state index contributed by atoms with van der Waals surface area (Å²) in [7, 11) is 0. The van der Waals surface area contributed by atoms with Crippen molar-refractivity contribution in [2.75, 3.05) is 13.1 Å². The summed E-state index contributed by atoms with van der Waals surface area (Å²) >= 11 is 0. The first-order valence-electron chi connectivity index (χ1n) is 5.86. The monoisotopic (exact) mass is 236 g/mol. The number of rotatable bonds is 6. The molecule has 1 heterocycles. The van der Waals surface area contributed by atoms with E-state index in [1.807, 2.05) is 24.0 Å². The molecule has 1 atom stereocenters. The number of pyridine rings is 1. The van der Waals surface area contributed by atoms with Gasteiger partial charge in [0.25, 0.3) is 0 Å². The summed E-state index contributed by atoms with van der Waals surface area (Å²) in [5.41, 5.74) is 1.05. The number of aromatic nitrogens is 1. The molecule has 1 unspecified atom stereocenters. The van der Waals surface area contributed by atoms with E-state index >= 15 is 0 Å². The van der Waals surface area contributed by atoms with Crippen LogP contribution in [0.5, 0.6) is 0 Å². The van der Waals surface area contributed by atoms with E-state index < -0.39 is 5.97 Å². The standard InChI is InChI=1S/C13H20N2O2/c1-10(2)8-15(9-13(16)17)11(3)12-5-4-6-14-7-12/h4-7,10-11H,8-9H2,1-3H3,(H,16,17). The molecule has 4 nitrogen and oxygen atoms in total. The van der Waals surface area contributed by atoms with Gasteiger partial charge < -0.3 is 5.11 Å². The van der Waals surface area contributed by atoms with E-state index in [2.05, 4.69) is 18.8 Å². The zero-order valence-electron chi connectivity index (χ0n) is 10.6. The van der Waals surface area contributed by atoms with E-state index in [-0.39, 0.29) is 12.6 Å². The molecular formula is C13H20N2O2. The van der Waals surface area contributed by atoms with Crippen molar-refractivity contribution in [3.05, 3.63) is 30.1 Å². The van der Waals surface area contributed by atoms with Crippen molar-refractivity contribution in [1.29, 1.82) is 0 Å². The van der Waals surface area contributed by atoms with Gasteiger partial charge in [-0.05, 0) is 24.5 Å². The summed E-state index contributed by atoms with van der Waals surface area (Å²) in [5, 5.41) is 8.94. The Bertz CT molecular complexity index is 352. The number of carboxylic acids is 1. The van der Waals surface area contributed by atoms with Crippen molar-refractivity contribution in [3.63, 3.8) is 0 Å². The Balaban J connectivity index is 2.78. The first-order valence-corrected chi connectivity index (χ1v) is 5.86. The summed E-state index contributed by atoms with van der Waals surface area (Å²) < 4.78 is 0. The summed E-state index contributed by atoms with van der Waals surface area (Å²) in [6, 6.07) is 3.93. The highest BCUT2D eigenvalue weighted by atomic mass is 16.4. The molecule has 0 aromatic carbocycles. The van der Waals surface area contributed by atoms with E-state index in [4.69, 9.17) is 5.11 Å². The topological polar surface area (TPSA) is 53.4 Å². The fourth-order valence-electron chi connectivity index (χ4n) is 1.84. The van der Waals surface area contributed by atoms with Gasteiger partial charge >= 0.3 is 5.97 Å². The SMILES string of the molecule is CC(C)CN(CC(=O)O)C(C)c1cccnc1. The molecule has 0 saturated heterocycles. The van der Waals surface area contributed by atoms with E-state index in [1.165, 1.54) is 0 Å². The highest BCUT2D eigenvalue weighted by molar-refractivity contribution is 5.69. The van der Waals surface area contributed by atoms with Crippen LogP contribution >= 0.6 is 0 Å². The maximum absolute atomic E-state index is 10.9. The van der Waals surface area contributed by atoms with E-state index in [0.717, 1.165) is 12.1 Å². The number of carbonyl (C=O) groups is 1. The van der Waals surface area contributed by atoms with E-state index in [1.54, 1.807) is 12.4 Å². The molecule has 0 aliphatic heterocycles. The average molecular weight is 236 g/mol. The van der Waals surface area contributed by atoms with Gasteiger partial charge in [0.1, 0.15) is 0 Å². The van der Waals surface area contributed by atoms with Gasteiger partial charge in [-0.25, -0.2) is 0 Å². The largest absolute Gasteiger partial charge is 0.480 e. The highest BCUT2D eigenvalue weighted by Gasteiger charge is 2.19. The zero-order chi connectivity index (χ0) is 12.8. The molecule has 1 aromatic heterocycles. The van der Waals surface area contributed by atoms with Gasteiger partial charge in [0.05, 0.1) is 6.54 Å². The van der Waals surface area contributed by atoms with Gasteiger partial charge in [-0.2, -0.15) is 0 Å². The lowest BCUT2D eigenvalue weighted by Gasteiger charge is -2.29. The average Bonchev–Trinajstić information content (AvgIpc) is 2.27. The molecule has 0 bridgehead atoms. The Labute approximate surface area is 102 Å². The smallest absolute Gasteiger partial charge is 0.317 e. The summed E-state index contributed by atoms with van der Waals surface area (Å²) in [6.07, 6.45) is 3.51. The number of hydrogen-bond donors (Lipinski definition) is 1. The van der Waals surface area contributed by atoms with Gasteiger partial charge in [-0.3, -0.25) is 14.7 Å². The van der Waals surface area contributed by atoms with Gasteiger partial charge in [-0.1, -0.05) is 19.9 Å². The second-order valence-electron chi connectivity index (χ2n) is 4.68. The third-order valence-corrected chi connectivity index (χ3v) is 2.65. The molecule has 1 rings (SSSR count). The second-order valence-corrected chi connectivity index (χ2v) is 4.68. The van der Waals surface area contributed by atoms with Gasteiger partial charge in [0, 0.05) is 25.0 Å². The molecule has 1 aromatic rings. The number of hydrogen-bond acceptors (Lipinski definition) is 3. The molecule has 0 radical (unpaired) electrons. The normalized spacial score (nSPS) is 13.0.